The van der Waals surface area contributed by atoms with Crippen LogP contribution in [0.3, 0.4) is 0 Å². The van der Waals surface area contributed by atoms with E-state index in [4.69, 9.17) is 5.21 Å². The zero-order valence-corrected chi connectivity index (χ0v) is 10.2. The fraction of sp³-hybridized carbons (Fsp3) is 0.308. The minimum atomic E-state index is -0.328. The molecule has 2 N–H and O–H groups in total. The molecular formula is C13H15N3O2. The first kappa shape index (κ1) is 12.3. The topological polar surface area (TPSA) is 74.0 Å². The number of nitrogens with one attached hydrogen (secondary N) is 1. The fourth-order valence-corrected chi connectivity index (χ4v) is 1.73. The minimum absolute atomic E-state index is 0.0291. The van der Waals surface area contributed by atoms with Crippen LogP contribution in [0.4, 0.5) is 0 Å². The molecule has 1 aromatic rings. The Labute approximate surface area is 105 Å². The van der Waals surface area contributed by atoms with E-state index in [0.29, 0.717) is 17.9 Å². The van der Waals surface area contributed by atoms with Gasteiger partial charge in [0.2, 0.25) is 5.78 Å². The van der Waals surface area contributed by atoms with Gasteiger partial charge in [0.1, 0.15) is 0 Å². The molecule has 0 aromatic heterocycles. The third-order valence-electron chi connectivity index (χ3n) is 2.75. The highest BCUT2D eigenvalue weighted by Gasteiger charge is 2.21. The number of benzene rings is 1. The lowest BCUT2D eigenvalue weighted by Gasteiger charge is -2.14. The summed E-state index contributed by atoms with van der Waals surface area (Å²) in [4.78, 5) is 16.3. The number of aryl methyl sites for hydroxylation is 1. The Balaban J connectivity index is 2.25. The third-order valence-corrected chi connectivity index (χ3v) is 2.75. The zero-order valence-electron chi connectivity index (χ0n) is 10.2. The molecule has 0 amide bonds. The molecule has 94 valence electrons. The predicted octanol–water partition coefficient (Wildman–Crippen LogP) is 1.40. The number of carbonyl (C=O) groups is 1. The number of nitrogens with zero attached hydrogens (tertiary/aromatic N) is 2. The summed E-state index contributed by atoms with van der Waals surface area (Å²) in [5, 5.41) is 15.1. The molecule has 5 heteroatoms. The second kappa shape index (κ2) is 5.44. The Hall–Kier alpha value is -2.17. The summed E-state index contributed by atoms with van der Waals surface area (Å²) < 4.78 is 0. The minimum Gasteiger partial charge on any atom is -0.410 e. The highest BCUT2D eigenvalue weighted by molar-refractivity contribution is 6.69. The molecule has 0 saturated heterocycles. The number of hydrogen-bond donors (Lipinski definition) is 2. The average molecular weight is 245 g/mol. The van der Waals surface area contributed by atoms with Crippen molar-refractivity contribution in [2.24, 2.45) is 10.1 Å². The van der Waals surface area contributed by atoms with E-state index in [9.17, 15) is 4.79 Å². The van der Waals surface area contributed by atoms with Crippen LogP contribution in [-0.4, -0.2) is 35.6 Å². The van der Waals surface area contributed by atoms with Gasteiger partial charge in [-0.2, -0.15) is 0 Å². The van der Waals surface area contributed by atoms with Crippen molar-refractivity contribution in [1.82, 2.24) is 5.32 Å². The van der Waals surface area contributed by atoms with Crippen molar-refractivity contribution >= 4 is 17.3 Å². The zero-order chi connectivity index (χ0) is 13.0. The summed E-state index contributed by atoms with van der Waals surface area (Å²) in [5.41, 5.74) is 1.53. The van der Waals surface area contributed by atoms with Gasteiger partial charge in [-0.15, -0.1) is 0 Å². The van der Waals surface area contributed by atoms with E-state index in [1.807, 2.05) is 19.1 Å². The van der Waals surface area contributed by atoms with E-state index >= 15 is 0 Å². The number of hydrogen-bond acceptors (Lipinski definition) is 5. The number of oxime groups is 1. The van der Waals surface area contributed by atoms with Crippen molar-refractivity contribution in [3.05, 3.63) is 35.4 Å². The number of ketones is 1. The van der Waals surface area contributed by atoms with Crippen molar-refractivity contribution in [3.63, 3.8) is 0 Å². The maximum atomic E-state index is 12.2. The smallest absolute Gasteiger partial charge is 0.218 e. The average Bonchev–Trinajstić information content (AvgIpc) is 2.41. The van der Waals surface area contributed by atoms with Gasteiger partial charge in [-0.3, -0.25) is 9.79 Å². The molecule has 0 spiro atoms. The van der Waals surface area contributed by atoms with E-state index < -0.39 is 0 Å². The summed E-state index contributed by atoms with van der Waals surface area (Å²) >= 11 is 0. The van der Waals surface area contributed by atoms with Gasteiger partial charge in [0.15, 0.2) is 11.5 Å². The number of aliphatic imine (C=N–C) groups is 1. The van der Waals surface area contributed by atoms with Crippen LogP contribution < -0.4 is 5.32 Å². The monoisotopic (exact) mass is 245 g/mol. The molecule has 0 radical (unpaired) electrons. The molecule has 0 bridgehead atoms. The lowest BCUT2D eigenvalue weighted by molar-refractivity contribution is 0.106. The number of carbonyl (C=O) groups excluding carboxylic acids is 1. The molecule has 0 aliphatic carbocycles. The summed E-state index contributed by atoms with van der Waals surface area (Å²) in [6.07, 6.45) is 0.918. The quantitative estimate of drug-likeness (QED) is 0.366. The molecule has 5 nitrogen and oxygen atoms in total. The second-order valence-electron chi connectivity index (χ2n) is 4.15. The van der Waals surface area contributed by atoms with Gasteiger partial charge in [-0.1, -0.05) is 35.0 Å². The van der Waals surface area contributed by atoms with E-state index in [1.54, 1.807) is 12.1 Å². The lowest BCUT2D eigenvalue weighted by atomic mass is 10.0. The van der Waals surface area contributed by atoms with E-state index in [2.05, 4.69) is 15.5 Å². The third kappa shape index (κ3) is 2.56. The molecule has 1 aromatic carbocycles. The van der Waals surface area contributed by atoms with Crippen molar-refractivity contribution < 1.29 is 10.0 Å². The summed E-state index contributed by atoms with van der Waals surface area (Å²) in [5.74, 6) is 0.0416. The second-order valence-corrected chi connectivity index (χ2v) is 4.15. The van der Waals surface area contributed by atoms with Gasteiger partial charge in [0.25, 0.3) is 0 Å². The van der Waals surface area contributed by atoms with E-state index in [0.717, 1.165) is 18.5 Å². The van der Waals surface area contributed by atoms with Crippen LogP contribution in [0.5, 0.6) is 0 Å². The first-order valence-corrected chi connectivity index (χ1v) is 5.84. The van der Waals surface area contributed by atoms with Gasteiger partial charge in [-0.25, -0.2) is 0 Å². The van der Waals surface area contributed by atoms with Crippen molar-refractivity contribution in [2.45, 2.75) is 13.3 Å². The summed E-state index contributed by atoms with van der Waals surface area (Å²) in [7, 11) is 0. The highest BCUT2D eigenvalue weighted by atomic mass is 16.4. The van der Waals surface area contributed by atoms with Crippen molar-refractivity contribution in [3.8, 4) is 0 Å². The molecular weight excluding hydrogens is 230 g/mol. The summed E-state index contributed by atoms with van der Waals surface area (Å²) in [6, 6.07) is 7.12. The Bertz CT molecular complexity index is 503. The molecule has 1 aliphatic heterocycles. The number of Topliss-reactive ketones (excluding diaryl/α,β-unsaturated/α-hetero) is 1. The van der Waals surface area contributed by atoms with Gasteiger partial charge in [-0.05, 0) is 13.3 Å². The predicted molar refractivity (Wildman–Crippen MR) is 69.7 cm³/mol. The van der Waals surface area contributed by atoms with Crippen LogP contribution in [0.1, 0.15) is 22.3 Å². The maximum absolute atomic E-state index is 12.2. The molecule has 1 aliphatic rings. The number of rotatable bonds is 3. The Kier molecular flexibility index (Phi) is 3.72. The van der Waals surface area contributed by atoms with Crippen LogP contribution in [0.25, 0.3) is 0 Å². The molecule has 0 unspecified atom stereocenters. The SMILES string of the molecule is Cc1ccc(C(=O)/C(=N/O)C2=NCCCN2)cc1. The van der Waals surface area contributed by atoms with Gasteiger partial charge in [0, 0.05) is 18.7 Å². The molecule has 18 heavy (non-hydrogen) atoms. The van der Waals surface area contributed by atoms with Crippen molar-refractivity contribution in [1.29, 1.82) is 0 Å². The Morgan fingerprint density at radius 1 is 1.39 bits per heavy atom. The van der Waals surface area contributed by atoms with Gasteiger partial charge in [0.05, 0.1) is 0 Å². The number of amidine groups is 1. The fourth-order valence-electron chi connectivity index (χ4n) is 1.73. The van der Waals surface area contributed by atoms with Gasteiger partial charge >= 0.3 is 0 Å². The van der Waals surface area contributed by atoms with Crippen LogP contribution in [0, 0.1) is 6.92 Å². The van der Waals surface area contributed by atoms with Crippen LogP contribution >= 0.6 is 0 Å². The summed E-state index contributed by atoms with van der Waals surface area (Å²) in [6.45, 7) is 3.32. The first-order chi connectivity index (χ1) is 8.72. The standard InChI is InChI=1S/C13H15N3O2/c1-9-3-5-10(6-4-9)12(17)11(16-18)13-14-7-2-8-15-13/h3-6,18H,2,7-8H2,1H3,(H,14,15)/b16-11-. The molecule has 1 heterocycles. The van der Waals surface area contributed by atoms with Crippen LogP contribution in [-0.2, 0) is 0 Å². The normalized spacial score (nSPS) is 15.8. The molecule has 2 rings (SSSR count). The van der Waals surface area contributed by atoms with E-state index in [-0.39, 0.29) is 11.5 Å². The Morgan fingerprint density at radius 3 is 2.67 bits per heavy atom. The molecule has 0 atom stereocenters. The van der Waals surface area contributed by atoms with Crippen molar-refractivity contribution in [2.75, 3.05) is 13.1 Å². The first-order valence-electron chi connectivity index (χ1n) is 5.84. The highest BCUT2D eigenvalue weighted by Crippen LogP contribution is 2.06. The maximum Gasteiger partial charge on any atom is 0.218 e. The van der Waals surface area contributed by atoms with Crippen LogP contribution in [0.15, 0.2) is 34.4 Å². The molecule has 0 saturated carbocycles. The van der Waals surface area contributed by atoms with E-state index in [1.165, 1.54) is 0 Å². The molecule has 0 fully saturated rings. The lowest BCUT2D eigenvalue weighted by Crippen LogP contribution is -2.39. The largest absolute Gasteiger partial charge is 0.410 e. The van der Waals surface area contributed by atoms with Crippen LogP contribution in [0.2, 0.25) is 0 Å². The Morgan fingerprint density at radius 2 is 2.11 bits per heavy atom. The van der Waals surface area contributed by atoms with Gasteiger partial charge < -0.3 is 10.5 Å².